The van der Waals surface area contributed by atoms with Crippen molar-refractivity contribution >= 4 is 22.6 Å². The molecular weight excluding hydrogens is 266 g/mol. The molecule has 0 unspecified atom stereocenters. The zero-order chi connectivity index (χ0) is 14.7. The fourth-order valence-corrected chi connectivity index (χ4v) is 2.08. The van der Waals surface area contributed by atoms with Gasteiger partial charge in [-0.05, 0) is 24.3 Å². The van der Waals surface area contributed by atoms with E-state index in [1.807, 2.05) is 6.07 Å². The Morgan fingerprint density at radius 2 is 1.81 bits per heavy atom. The Morgan fingerprint density at radius 1 is 1.05 bits per heavy atom. The van der Waals surface area contributed by atoms with Crippen molar-refractivity contribution in [3.05, 3.63) is 66.0 Å². The van der Waals surface area contributed by atoms with E-state index in [9.17, 15) is 9.90 Å². The largest absolute Gasteiger partial charge is 0.392 e. The first-order chi connectivity index (χ1) is 10.3. The maximum atomic E-state index is 12.3. The second-order valence-corrected chi connectivity index (χ2v) is 4.53. The average molecular weight is 279 g/mol. The number of para-hydroxylation sites is 1. The smallest absolute Gasteiger partial charge is 0.255 e. The summed E-state index contributed by atoms with van der Waals surface area (Å²) in [5.41, 5.74) is 3.18. The second kappa shape index (κ2) is 5.68. The molecule has 0 radical (unpaired) electrons. The van der Waals surface area contributed by atoms with Gasteiger partial charge in [-0.2, -0.15) is 0 Å². The zero-order valence-electron chi connectivity index (χ0n) is 11.2. The van der Waals surface area contributed by atoms with Crippen LogP contribution in [0.2, 0.25) is 0 Å². The predicted octanol–water partition coefficient (Wildman–Crippen LogP) is 2.37. The van der Waals surface area contributed by atoms with Crippen molar-refractivity contribution in [3.8, 4) is 0 Å². The lowest BCUT2D eigenvalue weighted by atomic mass is 10.1. The molecule has 21 heavy (non-hydrogen) atoms. The summed E-state index contributed by atoms with van der Waals surface area (Å²) in [5.74, 6) is -0.247. The van der Waals surface area contributed by atoms with E-state index in [0.717, 1.165) is 5.52 Å². The molecule has 0 aliphatic heterocycles. The van der Waals surface area contributed by atoms with Crippen LogP contribution in [0.3, 0.4) is 0 Å². The Kier molecular flexibility index (Phi) is 3.57. The van der Waals surface area contributed by atoms with E-state index in [2.05, 4.69) is 15.3 Å². The first-order valence-electron chi connectivity index (χ1n) is 6.49. The Balaban J connectivity index is 1.90. The molecule has 0 aliphatic carbocycles. The van der Waals surface area contributed by atoms with Gasteiger partial charge in [-0.15, -0.1) is 0 Å². The molecule has 104 valence electrons. The highest BCUT2D eigenvalue weighted by Gasteiger charge is 2.09. The summed E-state index contributed by atoms with van der Waals surface area (Å²) in [5, 5.41) is 12.1. The molecule has 0 saturated heterocycles. The molecule has 0 bridgehead atoms. The van der Waals surface area contributed by atoms with Gasteiger partial charge in [-0.3, -0.25) is 14.8 Å². The quantitative estimate of drug-likeness (QED) is 0.772. The molecule has 5 nitrogen and oxygen atoms in total. The monoisotopic (exact) mass is 279 g/mol. The van der Waals surface area contributed by atoms with Crippen LogP contribution in [0.5, 0.6) is 0 Å². The van der Waals surface area contributed by atoms with Gasteiger partial charge in [0.1, 0.15) is 0 Å². The maximum Gasteiger partial charge on any atom is 0.255 e. The average Bonchev–Trinajstić information content (AvgIpc) is 2.55. The molecule has 0 spiro atoms. The number of amides is 1. The lowest BCUT2D eigenvalue weighted by Crippen LogP contribution is -2.13. The van der Waals surface area contributed by atoms with Crippen LogP contribution in [-0.2, 0) is 6.61 Å². The van der Waals surface area contributed by atoms with Gasteiger partial charge in [0.15, 0.2) is 0 Å². The third-order valence-electron chi connectivity index (χ3n) is 3.17. The van der Waals surface area contributed by atoms with Gasteiger partial charge in [0.25, 0.3) is 5.91 Å². The Morgan fingerprint density at radius 3 is 2.62 bits per heavy atom. The fraction of sp³-hybridized carbons (Fsp3) is 0.0625. The van der Waals surface area contributed by atoms with Crippen LogP contribution in [-0.4, -0.2) is 21.0 Å². The molecular formula is C16H13N3O2. The van der Waals surface area contributed by atoms with E-state index >= 15 is 0 Å². The minimum Gasteiger partial charge on any atom is -0.392 e. The van der Waals surface area contributed by atoms with Gasteiger partial charge in [-0.1, -0.05) is 18.2 Å². The summed E-state index contributed by atoms with van der Waals surface area (Å²) in [6, 6.07) is 12.3. The van der Waals surface area contributed by atoms with Crippen LogP contribution in [0.15, 0.2) is 54.9 Å². The minimum absolute atomic E-state index is 0.125. The molecule has 0 saturated carbocycles. The number of aliphatic hydroxyl groups excluding tert-OH is 1. The van der Waals surface area contributed by atoms with Gasteiger partial charge >= 0.3 is 0 Å². The Hall–Kier alpha value is -2.79. The summed E-state index contributed by atoms with van der Waals surface area (Å²) in [7, 11) is 0. The third kappa shape index (κ3) is 2.73. The standard InChI is InChI=1S/C16H13N3O2/c20-10-12-3-1-2-4-13(12)19-16(21)11-5-6-14-15(9-11)18-8-7-17-14/h1-9,20H,10H2,(H,19,21). The molecule has 3 rings (SSSR count). The fourth-order valence-electron chi connectivity index (χ4n) is 2.08. The van der Waals surface area contributed by atoms with Crippen LogP contribution >= 0.6 is 0 Å². The number of carbonyl (C=O) groups excluding carboxylic acids is 1. The molecule has 5 heteroatoms. The van der Waals surface area contributed by atoms with E-state index in [4.69, 9.17) is 0 Å². The molecule has 1 aromatic heterocycles. The first kappa shape index (κ1) is 13.2. The number of nitrogens with one attached hydrogen (secondary N) is 1. The summed E-state index contributed by atoms with van der Waals surface area (Å²) in [6.45, 7) is -0.125. The molecule has 1 amide bonds. The number of carbonyl (C=O) groups is 1. The summed E-state index contributed by atoms with van der Waals surface area (Å²) >= 11 is 0. The van der Waals surface area contributed by atoms with E-state index < -0.39 is 0 Å². The molecule has 1 heterocycles. The van der Waals surface area contributed by atoms with Crippen molar-refractivity contribution in [3.63, 3.8) is 0 Å². The van der Waals surface area contributed by atoms with Crippen molar-refractivity contribution in [1.82, 2.24) is 9.97 Å². The van der Waals surface area contributed by atoms with E-state index in [1.165, 1.54) is 0 Å². The lowest BCUT2D eigenvalue weighted by molar-refractivity contribution is 0.102. The zero-order valence-corrected chi connectivity index (χ0v) is 11.2. The highest BCUT2D eigenvalue weighted by atomic mass is 16.3. The van der Waals surface area contributed by atoms with Crippen molar-refractivity contribution in [1.29, 1.82) is 0 Å². The topological polar surface area (TPSA) is 75.1 Å². The van der Waals surface area contributed by atoms with Crippen LogP contribution in [0, 0.1) is 0 Å². The minimum atomic E-state index is -0.247. The molecule has 0 atom stereocenters. The lowest BCUT2D eigenvalue weighted by Gasteiger charge is -2.09. The number of nitrogens with zero attached hydrogens (tertiary/aromatic N) is 2. The summed E-state index contributed by atoms with van der Waals surface area (Å²) in [4.78, 5) is 20.6. The third-order valence-corrected chi connectivity index (χ3v) is 3.17. The second-order valence-electron chi connectivity index (χ2n) is 4.53. The summed E-state index contributed by atoms with van der Waals surface area (Å²) < 4.78 is 0. The number of anilines is 1. The van der Waals surface area contributed by atoms with Gasteiger partial charge in [0.2, 0.25) is 0 Å². The van der Waals surface area contributed by atoms with Crippen LogP contribution < -0.4 is 5.32 Å². The van der Waals surface area contributed by atoms with Crippen LogP contribution in [0.25, 0.3) is 11.0 Å². The highest BCUT2D eigenvalue weighted by molar-refractivity contribution is 6.06. The maximum absolute atomic E-state index is 12.3. The molecule has 2 N–H and O–H groups in total. The SMILES string of the molecule is O=C(Nc1ccccc1CO)c1ccc2nccnc2c1. The van der Waals surface area contributed by atoms with E-state index in [0.29, 0.717) is 22.3 Å². The van der Waals surface area contributed by atoms with Crippen molar-refractivity contribution in [2.45, 2.75) is 6.61 Å². The Labute approximate surface area is 121 Å². The number of rotatable bonds is 3. The first-order valence-corrected chi connectivity index (χ1v) is 6.49. The van der Waals surface area contributed by atoms with Crippen molar-refractivity contribution < 1.29 is 9.90 Å². The predicted molar refractivity (Wildman–Crippen MR) is 79.9 cm³/mol. The normalized spacial score (nSPS) is 10.5. The number of aromatic nitrogens is 2. The molecule has 2 aromatic carbocycles. The number of benzene rings is 2. The van der Waals surface area contributed by atoms with Crippen molar-refractivity contribution in [2.24, 2.45) is 0 Å². The number of fused-ring (bicyclic) bond motifs is 1. The number of hydrogen-bond acceptors (Lipinski definition) is 4. The van der Waals surface area contributed by atoms with Crippen LogP contribution in [0.4, 0.5) is 5.69 Å². The number of hydrogen-bond donors (Lipinski definition) is 2. The molecule has 0 aliphatic rings. The summed E-state index contributed by atoms with van der Waals surface area (Å²) in [6.07, 6.45) is 3.20. The molecule has 3 aromatic rings. The van der Waals surface area contributed by atoms with Gasteiger partial charge < -0.3 is 10.4 Å². The Bertz CT molecular complexity index is 802. The highest BCUT2D eigenvalue weighted by Crippen LogP contribution is 2.17. The van der Waals surface area contributed by atoms with E-state index in [-0.39, 0.29) is 12.5 Å². The van der Waals surface area contributed by atoms with Crippen molar-refractivity contribution in [2.75, 3.05) is 5.32 Å². The van der Waals surface area contributed by atoms with E-state index in [1.54, 1.807) is 48.8 Å². The number of aliphatic hydroxyl groups is 1. The molecule has 0 fully saturated rings. The van der Waals surface area contributed by atoms with Gasteiger partial charge in [0, 0.05) is 29.2 Å². The van der Waals surface area contributed by atoms with Gasteiger partial charge in [-0.25, -0.2) is 0 Å². The van der Waals surface area contributed by atoms with Gasteiger partial charge in [0.05, 0.1) is 17.6 Å². The van der Waals surface area contributed by atoms with Crippen LogP contribution in [0.1, 0.15) is 15.9 Å².